The van der Waals surface area contributed by atoms with Crippen molar-refractivity contribution in [1.82, 2.24) is 9.97 Å². The van der Waals surface area contributed by atoms with E-state index in [1.54, 1.807) is 26.1 Å². The first-order valence-electron chi connectivity index (χ1n) is 12.9. The third kappa shape index (κ3) is 5.89. The highest BCUT2D eigenvalue weighted by molar-refractivity contribution is 5.77. The summed E-state index contributed by atoms with van der Waals surface area (Å²) in [7, 11) is 0. The summed E-state index contributed by atoms with van der Waals surface area (Å²) in [6.45, 7) is 3.08. The lowest BCUT2D eigenvalue weighted by molar-refractivity contribution is -0.139. The van der Waals surface area contributed by atoms with Crippen molar-refractivity contribution in [1.29, 1.82) is 0 Å². The largest absolute Gasteiger partial charge is 0.481 e. The highest BCUT2D eigenvalue weighted by Crippen LogP contribution is 2.61. The molecule has 1 fully saturated rings. The van der Waals surface area contributed by atoms with Gasteiger partial charge in [-0.15, -0.1) is 0 Å². The fraction of sp³-hybridized carbons (Fsp3) is 0.414. The number of aromatic nitrogens is 2. The third-order valence-electron chi connectivity index (χ3n) is 7.37. The van der Waals surface area contributed by atoms with E-state index in [-0.39, 0.29) is 59.4 Å². The summed E-state index contributed by atoms with van der Waals surface area (Å²) in [6, 6.07) is 6.12. The molecule has 11 heteroatoms. The zero-order valence-corrected chi connectivity index (χ0v) is 21.8. The van der Waals surface area contributed by atoms with Crippen molar-refractivity contribution in [3.05, 3.63) is 70.8 Å². The molecule has 5 rings (SSSR count). The first-order chi connectivity index (χ1) is 18.8. The van der Waals surface area contributed by atoms with Crippen LogP contribution in [0.2, 0.25) is 0 Å². The standard InChI is InChI=1S/C29H28F4N2O5/c1-28(2,38)6-3-7-39-24-11-21(29(31,32)33)19(12-34-24)15-4-5-22(30)17(8-15)14-40-23-10-16-9-18-25(20(16)13-35-23)26(18)27(36)37/h4-5,8,10-13,18,25-26,38H,3,6-7,9,14H2,1-2H3,(H,36,37). The number of aliphatic hydroxyl groups is 1. The molecule has 2 heterocycles. The van der Waals surface area contributed by atoms with Gasteiger partial charge in [-0.3, -0.25) is 4.79 Å². The van der Waals surface area contributed by atoms with Gasteiger partial charge in [0.1, 0.15) is 12.4 Å². The van der Waals surface area contributed by atoms with Crippen molar-refractivity contribution in [3.63, 3.8) is 0 Å². The molecule has 2 aliphatic rings. The van der Waals surface area contributed by atoms with Gasteiger partial charge in [-0.2, -0.15) is 13.2 Å². The van der Waals surface area contributed by atoms with Gasteiger partial charge < -0.3 is 19.7 Å². The average molecular weight is 561 g/mol. The first kappa shape index (κ1) is 27.8. The normalized spacial score (nSPS) is 19.6. The lowest BCUT2D eigenvalue weighted by Gasteiger charge is -2.17. The monoisotopic (exact) mass is 560 g/mol. The van der Waals surface area contributed by atoms with Crippen molar-refractivity contribution in [2.45, 2.75) is 57.4 Å². The van der Waals surface area contributed by atoms with Gasteiger partial charge >= 0.3 is 12.1 Å². The number of carbonyl (C=O) groups is 1. The lowest BCUT2D eigenvalue weighted by Crippen LogP contribution is -2.19. The fourth-order valence-electron chi connectivity index (χ4n) is 5.35. The molecule has 3 aromatic rings. The van der Waals surface area contributed by atoms with Crippen LogP contribution < -0.4 is 9.47 Å². The Labute approximate surface area is 227 Å². The number of carboxylic acid groups (broad SMARTS) is 1. The van der Waals surface area contributed by atoms with Gasteiger partial charge in [0, 0.05) is 41.6 Å². The van der Waals surface area contributed by atoms with Crippen molar-refractivity contribution in [2.24, 2.45) is 11.8 Å². The Bertz CT molecular complexity index is 1440. The third-order valence-corrected chi connectivity index (χ3v) is 7.37. The molecule has 2 aliphatic carbocycles. The molecule has 2 aromatic heterocycles. The Balaban J connectivity index is 1.30. The maximum atomic E-state index is 14.6. The number of alkyl halides is 3. The van der Waals surface area contributed by atoms with Crippen LogP contribution in [0.3, 0.4) is 0 Å². The van der Waals surface area contributed by atoms with E-state index >= 15 is 0 Å². The van der Waals surface area contributed by atoms with E-state index in [4.69, 9.17) is 9.47 Å². The number of rotatable bonds is 10. The molecule has 212 valence electrons. The maximum Gasteiger partial charge on any atom is 0.417 e. The quantitative estimate of drug-likeness (QED) is 0.239. The van der Waals surface area contributed by atoms with E-state index in [9.17, 15) is 32.6 Å². The number of nitrogens with zero attached hydrogens (tertiary/aromatic N) is 2. The molecular weight excluding hydrogens is 532 g/mol. The van der Waals surface area contributed by atoms with Gasteiger partial charge in [0.15, 0.2) is 0 Å². The number of fused-ring (bicyclic) bond motifs is 3. The Kier molecular flexibility index (Phi) is 7.20. The predicted molar refractivity (Wildman–Crippen MR) is 135 cm³/mol. The minimum absolute atomic E-state index is 0.0358. The second kappa shape index (κ2) is 10.3. The van der Waals surface area contributed by atoms with Crippen molar-refractivity contribution in [2.75, 3.05) is 6.61 Å². The van der Waals surface area contributed by atoms with Crippen LogP contribution in [-0.2, 0) is 24.0 Å². The van der Waals surface area contributed by atoms with E-state index < -0.39 is 29.1 Å². The summed E-state index contributed by atoms with van der Waals surface area (Å²) in [5.74, 6) is -1.81. The minimum atomic E-state index is -4.72. The molecule has 3 atom stereocenters. The Morgan fingerprint density at radius 2 is 1.80 bits per heavy atom. The SMILES string of the molecule is CC(C)(O)CCCOc1cc(C(F)(F)F)c(-c2ccc(F)c(COc3cc4c(cn3)C3C(C4)C3C(=O)O)c2)cn1. The van der Waals surface area contributed by atoms with Gasteiger partial charge in [0.25, 0.3) is 0 Å². The number of carboxylic acids is 1. The van der Waals surface area contributed by atoms with E-state index in [0.717, 1.165) is 29.5 Å². The van der Waals surface area contributed by atoms with Crippen molar-refractivity contribution < 1.29 is 42.0 Å². The number of hydrogen-bond acceptors (Lipinski definition) is 6. The molecule has 1 saturated carbocycles. The molecule has 0 bridgehead atoms. The van der Waals surface area contributed by atoms with Crippen LogP contribution in [0.1, 0.15) is 54.9 Å². The Morgan fingerprint density at radius 3 is 2.50 bits per heavy atom. The first-order valence-corrected chi connectivity index (χ1v) is 12.9. The van der Waals surface area contributed by atoms with E-state index in [1.165, 1.54) is 12.1 Å². The minimum Gasteiger partial charge on any atom is -0.481 e. The van der Waals surface area contributed by atoms with Crippen LogP contribution in [0.4, 0.5) is 17.6 Å². The van der Waals surface area contributed by atoms with Gasteiger partial charge in [-0.1, -0.05) is 6.07 Å². The number of benzene rings is 1. The highest BCUT2D eigenvalue weighted by atomic mass is 19.4. The molecule has 0 spiro atoms. The predicted octanol–water partition coefficient (Wildman–Crippen LogP) is 5.78. The van der Waals surface area contributed by atoms with Gasteiger partial charge in [0.2, 0.25) is 11.8 Å². The maximum absolute atomic E-state index is 14.6. The second-order valence-electron chi connectivity index (χ2n) is 10.9. The zero-order chi connectivity index (χ0) is 28.8. The molecule has 2 N–H and O–H groups in total. The van der Waals surface area contributed by atoms with Crippen LogP contribution in [-0.4, -0.2) is 38.4 Å². The van der Waals surface area contributed by atoms with Crippen molar-refractivity contribution >= 4 is 5.97 Å². The number of hydrogen-bond donors (Lipinski definition) is 2. The van der Waals surface area contributed by atoms with Crippen LogP contribution in [0.5, 0.6) is 11.8 Å². The van der Waals surface area contributed by atoms with E-state index in [0.29, 0.717) is 19.3 Å². The summed E-state index contributed by atoms with van der Waals surface area (Å²) in [5, 5.41) is 19.0. The summed E-state index contributed by atoms with van der Waals surface area (Å²) >= 11 is 0. The zero-order valence-electron chi connectivity index (χ0n) is 21.8. The summed E-state index contributed by atoms with van der Waals surface area (Å²) < 4.78 is 67.5. The number of ether oxygens (including phenoxy) is 2. The molecule has 0 saturated heterocycles. The van der Waals surface area contributed by atoms with E-state index in [2.05, 4.69) is 9.97 Å². The van der Waals surface area contributed by atoms with Gasteiger partial charge in [-0.25, -0.2) is 14.4 Å². The second-order valence-corrected chi connectivity index (χ2v) is 10.9. The lowest BCUT2D eigenvalue weighted by atomic mass is 9.99. The number of aliphatic carboxylic acids is 1. The van der Waals surface area contributed by atoms with Gasteiger partial charge in [0.05, 0.1) is 23.7 Å². The van der Waals surface area contributed by atoms with Crippen LogP contribution in [0, 0.1) is 17.7 Å². The average Bonchev–Trinajstić information content (AvgIpc) is 3.47. The molecule has 0 radical (unpaired) electrons. The van der Waals surface area contributed by atoms with Crippen molar-refractivity contribution in [3.8, 4) is 22.9 Å². The van der Waals surface area contributed by atoms with Crippen LogP contribution in [0.25, 0.3) is 11.1 Å². The molecule has 0 aliphatic heterocycles. The molecule has 40 heavy (non-hydrogen) atoms. The summed E-state index contributed by atoms with van der Waals surface area (Å²) in [4.78, 5) is 19.5. The van der Waals surface area contributed by atoms with E-state index in [1.807, 2.05) is 0 Å². The highest BCUT2D eigenvalue weighted by Gasteiger charge is 2.59. The molecular formula is C29H28F4N2O5. The molecule has 3 unspecified atom stereocenters. The Morgan fingerprint density at radius 1 is 1.07 bits per heavy atom. The smallest absolute Gasteiger partial charge is 0.417 e. The number of halogens is 4. The summed E-state index contributed by atoms with van der Waals surface area (Å²) in [6.07, 6.45) is -0.650. The Hall–Kier alpha value is -3.73. The molecule has 0 amide bonds. The molecule has 7 nitrogen and oxygen atoms in total. The van der Waals surface area contributed by atoms with Gasteiger partial charge in [-0.05, 0) is 67.9 Å². The number of pyridine rings is 2. The topological polar surface area (TPSA) is 102 Å². The van der Waals surface area contributed by atoms with Crippen LogP contribution in [0.15, 0.2) is 42.7 Å². The molecule has 1 aromatic carbocycles. The summed E-state index contributed by atoms with van der Waals surface area (Å²) in [5.41, 5.74) is -0.157. The fourth-order valence-corrected chi connectivity index (χ4v) is 5.35. The van der Waals surface area contributed by atoms with Crippen LogP contribution >= 0.6 is 0 Å².